The number of nitrogens with zero attached hydrogens (tertiary/aromatic N) is 2. The van der Waals surface area contributed by atoms with E-state index in [2.05, 4.69) is 5.32 Å². The fraction of sp³-hybridized carbons (Fsp3) is 0.571. The summed E-state index contributed by atoms with van der Waals surface area (Å²) in [6.07, 6.45) is 0.899. The zero-order chi connectivity index (χ0) is 21.4. The van der Waals surface area contributed by atoms with Gasteiger partial charge in [0.25, 0.3) is 0 Å². The number of ether oxygens (including phenoxy) is 2. The molecule has 0 unspecified atom stereocenters. The van der Waals surface area contributed by atoms with E-state index in [0.29, 0.717) is 31.6 Å². The Balaban J connectivity index is 1.94. The summed E-state index contributed by atoms with van der Waals surface area (Å²) in [7, 11) is 0. The lowest BCUT2D eigenvalue weighted by Crippen LogP contribution is -2.51. The Kier molecular flexibility index (Phi) is 7.87. The van der Waals surface area contributed by atoms with Gasteiger partial charge in [-0.1, -0.05) is 18.2 Å². The molecule has 0 radical (unpaired) electrons. The van der Waals surface area contributed by atoms with Crippen molar-refractivity contribution in [3.63, 3.8) is 0 Å². The molecule has 1 aromatic rings. The fourth-order valence-corrected chi connectivity index (χ4v) is 3.01. The molecule has 0 aromatic heterocycles. The molecule has 0 bridgehead atoms. The number of urea groups is 1. The van der Waals surface area contributed by atoms with Crippen LogP contribution in [0.2, 0.25) is 0 Å². The van der Waals surface area contributed by atoms with Crippen molar-refractivity contribution in [3.05, 3.63) is 30.3 Å². The second-order valence-electron chi connectivity index (χ2n) is 7.92. The van der Waals surface area contributed by atoms with Crippen LogP contribution in [-0.4, -0.2) is 60.9 Å². The predicted molar refractivity (Wildman–Crippen MR) is 110 cm³/mol. The van der Waals surface area contributed by atoms with Crippen LogP contribution in [0.1, 0.15) is 40.5 Å². The molecule has 0 aliphatic carbocycles. The van der Waals surface area contributed by atoms with Gasteiger partial charge in [-0.2, -0.15) is 0 Å². The number of benzene rings is 1. The minimum Gasteiger partial charge on any atom is -0.465 e. The lowest BCUT2D eigenvalue weighted by molar-refractivity contribution is -0.141. The maximum absolute atomic E-state index is 12.9. The summed E-state index contributed by atoms with van der Waals surface area (Å²) in [5.74, 6) is -0.466. The lowest BCUT2D eigenvalue weighted by atomic mass is 10.1. The number of piperidine rings is 1. The second-order valence-corrected chi connectivity index (χ2v) is 7.92. The molecule has 2 rings (SSSR count). The number of para-hydroxylation sites is 1. The Hall–Kier alpha value is -2.77. The van der Waals surface area contributed by atoms with Crippen LogP contribution in [0, 0.1) is 0 Å². The van der Waals surface area contributed by atoms with E-state index in [4.69, 9.17) is 9.47 Å². The average Bonchev–Trinajstić information content (AvgIpc) is 2.66. The topological polar surface area (TPSA) is 88.2 Å². The standard InChI is InChI=1S/C21H31N3O5/c1-5-28-18(25)15-24(17-9-7-6-8-10-17)19(26)22-16-11-13-23(14-12-16)20(27)29-21(2,3)4/h6-10,16H,5,11-15H2,1-4H3,(H,22,26). The van der Waals surface area contributed by atoms with Gasteiger partial charge in [-0.15, -0.1) is 0 Å². The van der Waals surface area contributed by atoms with Gasteiger partial charge in [-0.25, -0.2) is 9.59 Å². The number of carbonyl (C=O) groups is 3. The highest BCUT2D eigenvalue weighted by Gasteiger charge is 2.29. The highest BCUT2D eigenvalue weighted by molar-refractivity contribution is 5.96. The van der Waals surface area contributed by atoms with E-state index in [1.807, 2.05) is 26.8 Å². The van der Waals surface area contributed by atoms with Crippen molar-refractivity contribution in [3.8, 4) is 0 Å². The molecule has 160 valence electrons. The van der Waals surface area contributed by atoms with Gasteiger partial charge in [0.2, 0.25) is 0 Å². The Labute approximate surface area is 172 Å². The molecule has 0 atom stereocenters. The zero-order valence-corrected chi connectivity index (χ0v) is 17.6. The lowest BCUT2D eigenvalue weighted by Gasteiger charge is -2.34. The van der Waals surface area contributed by atoms with Crippen LogP contribution in [0.5, 0.6) is 0 Å². The summed E-state index contributed by atoms with van der Waals surface area (Å²) in [5.41, 5.74) is 0.0788. The first-order chi connectivity index (χ1) is 13.7. The number of nitrogens with one attached hydrogen (secondary N) is 1. The number of rotatable bonds is 5. The third-order valence-corrected chi connectivity index (χ3v) is 4.38. The summed E-state index contributed by atoms with van der Waals surface area (Å²) < 4.78 is 10.4. The quantitative estimate of drug-likeness (QED) is 0.760. The highest BCUT2D eigenvalue weighted by atomic mass is 16.6. The summed E-state index contributed by atoms with van der Waals surface area (Å²) >= 11 is 0. The van der Waals surface area contributed by atoms with Gasteiger partial charge in [-0.3, -0.25) is 9.69 Å². The minimum atomic E-state index is -0.536. The number of anilines is 1. The molecular weight excluding hydrogens is 374 g/mol. The Morgan fingerprint density at radius 2 is 1.76 bits per heavy atom. The molecule has 1 fully saturated rings. The number of hydrogen-bond acceptors (Lipinski definition) is 5. The van der Waals surface area contributed by atoms with Crippen molar-refractivity contribution >= 4 is 23.8 Å². The largest absolute Gasteiger partial charge is 0.465 e. The molecule has 0 saturated carbocycles. The van der Waals surface area contributed by atoms with E-state index in [1.165, 1.54) is 4.90 Å². The Bertz CT molecular complexity index is 694. The SMILES string of the molecule is CCOC(=O)CN(C(=O)NC1CCN(C(=O)OC(C)(C)C)CC1)c1ccccc1. The minimum absolute atomic E-state index is 0.0883. The van der Waals surface area contributed by atoms with Crippen LogP contribution < -0.4 is 10.2 Å². The summed E-state index contributed by atoms with van der Waals surface area (Å²) in [4.78, 5) is 40.0. The maximum Gasteiger partial charge on any atom is 0.410 e. The molecule has 1 N–H and O–H groups in total. The summed E-state index contributed by atoms with van der Waals surface area (Å²) in [6.45, 7) is 8.32. The van der Waals surface area contributed by atoms with Crippen molar-refractivity contribution in [2.75, 3.05) is 31.1 Å². The number of hydrogen-bond donors (Lipinski definition) is 1. The van der Waals surface area contributed by atoms with Crippen LogP contribution in [0.4, 0.5) is 15.3 Å². The number of likely N-dealkylation sites (tertiary alicyclic amines) is 1. The van der Waals surface area contributed by atoms with E-state index in [-0.39, 0.29) is 31.3 Å². The van der Waals surface area contributed by atoms with Gasteiger partial charge in [0.1, 0.15) is 12.1 Å². The zero-order valence-electron chi connectivity index (χ0n) is 17.6. The summed E-state index contributed by atoms with van der Waals surface area (Å²) in [6, 6.07) is 8.54. The third kappa shape index (κ3) is 7.29. The first-order valence-corrected chi connectivity index (χ1v) is 9.96. The van der Waals surface area contributed by atoms with Crippen LogP contribution >= 0.6 is 0 Å². The molecule has 3 amide bonds. The van der Waals surface area contributed by atoms with Gasteiger partial charge >= 0.3 is 18.1 Å². The highest BCUT2D eigenvalue weighted by Crippen LogP contribution is 2.17. The van der Waals surface area contributed by atoms with E-state index < -0.39 is 11.6 Å². The first kappa shape index (κ1) is 22.5. The molecule has 8 heteroatoms. The van der Waals surface area contributed by atoms with Crippen molar-refractivity contribution in [2.24, 2.45) is 0 Å². The van der Waals surface area contributed by atoms with Gasteiger partial charge in [0, 0.05) is 24.8 Å². The predicted octanol–water partition coefficient (Wildman–Crippen LogP) is 3.17. The number of esters is 1. The third-order valence-electron chi connectivity index (χ3n) is 4.38. The van der Waals surface area contributed by atoms with E-state index >= 15 is 0 Å². The van der Waals surface area contributed by atoms with Gasteiger partial charge in [-0.05, 0) is 52.7 Å². The first-order valence-electron chi connectivity index (χ1n) is 9.96. The normalized spacial score (nSPS) is 14.8. The van der Waals surface area contributed by atoms with Crippen molar-refractivity contribution in [2.45, 2.75) is 52.2 Å². The van der Waals surface area contributed by atoms with Crippen LogP contribution in [0.3, 0.4) is 0 Å². The molecule has 29 heavy (non-hydrogen) atoms. The van der Waals surface area contributed by atoms with Gasteiger partial charge < -0.3 is 19.7 Å². The molecule has 1 heterocycles. The Morgan fingerprint density at radius 3 is 2.31 bits per heavy atom. The summed E-state index contributed by atoms with van der Waals surface area (Å²) in [5, 5.41) is 2.97. The van der Waals surface area contributed by atoms with Gasteiger partial charge in [0.05, 0.1) is 6.61 Å². The van der Waals surface area contributed by atoms with Crippen molar-refractivity contribution in [1.82, 2.24) is 10.2 Å². The molecular formula is C21H31N3O5. The molecule has 8 nitrogen and oxygen atoms in total. The smallest absolute Gasteiger partial charge is 0.410 e. The van der Waals surface area contributed by atoms with Crippen LogP contribution in [-0.2, 0) is 14.3 Å². The second kappa shape index (κ2) is 10.1. The molecule has 0 spiro atoms. The van der Waals surface area contributed by atoms with E-state index in [0.717, 1.165) is 0 Å². The van der Waals surface area contributed by atoms with Crippen LogP contribution in [0.25, 0.3) is 0 Å². The number of amides is 3. The van der Waals surface area contributed by atoms with Crippen molar-refractivity contribution < 1.29 is 23.9 Å². The van der Waals surface area contributed by atoms with E-state index in [1.54, 1.807) is 36.1 Å². The molecule has 1 aromatic carbocycles. The monoisotopic (exact) mass is 405 g/mol. The number of carbonyl (C=O) groups excluding carboxylic acids is 3. The molecule has 1 aliphatic heterocycles. The average molecular weight is 405 g/mol. The van der Waals surface area contributed by atoms with Gasteiger partial charge in [0.15, 0.2) is 0 Å². The van der Waals surface area contributed by atoms with Crippen molar-refractivity contribution in [1.29, 1.82) is 0 Å². The molecule has 1 saturated heterocycles. The van der Waals surface area contributed by atoms with Crippen LogP contribution in [0.15, 0.2) is 30.3 Å². The van der Waals surface area contributed by atoms with E-state index in [9.17, 15) is 14.4 Å². The Morgan fingerprint density at radius 1 is 1.14 bits per heavy atom. The maximum atomic E-state index is 12.9. The fourth-order valence-electron chi connectivity index (χ4n) is 3.01. The molecule has 1 aliphatic rings.